The highest BCUT2D eigenvalue weighted by molar-refractivity contribution is 7.94. The van der Waals surface area contributed by atoms with Crippen LogP contribution in [0.1, 0.15) is 33.6 Å². The molecule has 1 rings (SSSR count). The molecule has 10 heavy (non-hydrogen) atoms. The van der Waals surface area contributed by atoms with Crippen LogP contribution in [0.2, 0.25) is 0 Å². The van der Waals surface area contributed by atoms with Crippen LogP contribution in [0, 0.1) is 4.78 Å². The van der Waals surface area contributed by atoms with Gasteiger partial charge in [-0.2, -0.15) is 0 Å². The van der Waals surface area contributed by atoms with Gasteiger partial charge < -0.3 is 0 Å². The lowest BCUT2D eigenvalue weighted by Crippen LogP contribution is -2.29. The molecular formula is C7H15NOS. The number of hydrogen-bond donors (Lipinski definition) is 1. The smallest absolute Gasteiger partial charge is 0.0520 e. The van der Waals surface area contributed by atoms with E-state index < -0.39 is 9.73 Å². The minimum Gasteiger partial charge on any atom is -0.252 e. The highest BCUT2D eigenvalue weighted by Crippen LogP contribution is 2.36. The summed E-state index contributed by atoms with van der Waals surface area (Å²) in [7, 11) is -2.30. The third-order valence-electron chi connectivity index (χ3n) is 1.90. The zero-order chi connectivity index (χ0) is 7.99. The van der Waals surface area contributed by atoms with Crippen molar-refractivity contribution >= 4 is 9.73 Å². The molecule has 1 saturated carbocycles. The molecule has 1 fully saturated rings. The predicted molar refractivity (Wildman–Crippen MR) is 43.6 cm³/mol. The monoisotopic (exact) mass is 161 g/mol. The van der Waals surface area contributed by atoms with Gasteiger partial charge in [0.05, 0.1) is 9.73 Å². The first kappa shape index (κ1) is 8.05. The number of rotatable bonds is 1. The van der Waals surface area contributed by atoms with Crippen molar-refractivity contribution in [1.29, 1.82) is 4.78 Å². The topological polar surface area (TPSA) is 40.9 Å². The van der Waals surface area contributed by atoms with Crippen LogP contribution in [-0.4, -0.2) is 14.2 Å². The van der Waals surface area contributed by atoms with E-state index in [1.54, 1.807) is 0 Å². The Morgan fingerprint density at radius 1 is 1.40 bits per heavy atom. The van der Waals surface area contributed by atoms with Crippen LogP contribution in [0.15, 0.2) is 0 Å². The highest BCUT2D eigenvalue weighted by Gasteiger charge is 2.39. The molecule has 0 aromatic carbocycles. The number of nitrogens with one attached hydrogen (secondary N) is 1. The fourth-order valence-corrected chi connectivity index (χ4v) is 2.70. The quantitative estimate of drug-likeness (QED) is 0.627. The maximum atomic E-state index is 11.6. The van der Waals surface area contributed by atoms with E-state index in [-0.39, 0.29) is 10.00 Å². The zero-order valence-corrected chi connectivity index (χ0v) is 7.62. The molecule has 0 amide bonds. The van der Waals surface area contributed by atoms with E-state index >= 15 is 0 Å². The van der Waals surface area contributed by atoms with Gasteiger partial charge in [0.1, 0.15) is 0 Å². The molecule has 3 heteroatoms. The molecule has 0 bridgehead atoms. The van der Waals surface area contributed by atoms with Gasteiger partial charge in [-0.1, -0.05) is 0 Å². The average Bonchev–Trinajstić information content (AvgIpc) is 2.38. The van der Waals surface area contributed by atoms with Crippen molar-refractivity contribution in [1.82, 2.24) is 0 Å². The third-order valence-corrected chi connectivity index (χ3v) is 5.13. The second kappa shape index (κ2) is 1.97. The molecule has 1 aliphatic rings. The standard InChI is InChI=1S/C7H15NOS/c1-7(2,3)10(8,9)6-4-5-6/h6,8H,4-5H2,1-3H3/t10-/m1/s1. The first-order valence-electron chi connectivity index (χ1n) is 3.63. The lowest BCUT2D eigenvalue weighted by atomic mass is 10.3. The first-order valence-corrected chi connectivity index (χ1v) is 5.25. The van der Waals surface area contributed by atoms with E-state index in [1.807, 2.05) is 20.8 Å². The van der Waals surface area contributed by atoms with Crippen LogP contribution in [0.3, 0.4) is 0 Å². The Morgan fingerprint density at radius 2 is 1.80 bits per heavy atom. The Balaban J connectivity index is 2.88. The van der Waals surface area contributed by atoms with Crippen LogP contribution in [-0.2, 0) is 9.73 Å². The fraction of sp³-hybridized carbons (Fsp3) is 1.00. The Labute approximate surface area is 63.0 Å². The van der Waals surface area contributed by atoms with Crippen molar-refractivity contribution in [3.8, 4) is 0 Å². The lowest BCUT2D eigenvalue weighted by molar-refractivity contribution is 0.636. The first-order chi connectivity index (χ1) is 4.36. The molecule has 0 aromatic heterocycles. The van der Waals surface area contributed by atoms with Gasteiger partial charge in [0.25, 0.3) is 0 Å². The largest absolute Gasteiger partial charge is 0.252 e. The SMILES string of the molecule is CC(C)(C)[S@](=N)(=O)C1CC1. The maximum absolute atomic E-state index is 11.6. The van der Waals surface area contributed by atoms with Crippen molar-refractivity contribution in [3.63, 3.8) is 0 Å². The molecule has 2 nitrogen and oxygen atoms in total. The van der Waals surface area contributed by atoms with E-state index in [0.29, 0.717) is 0 Å². The van der Waals surface area contributed by atoms with Gasteiger partial charge >= 0.3 is 0 Å². The Hall–Kier alpha value is -0.0500. The maximum Gasteiger partial charge on any atom is 0.0520 e. The summed E-state index contributed by atoms with van der Waals surface area (Å²) in [6.07, 6.45) is 2.00. The van der Waals surface area contributed by atoms with Gasteiger partial charge in [-0.05, 0) is 33.6 Å². The molecule has 0 spiro atoms. The Bertz CT molecular complexity index is 218. The summed E-state index contributed by atoms with van der Waals surface area (Å²) in [4.78, 5) is 0. The van der Waals surface area contributed by atoms with Crippen molar-refractivity contribution in [2.45, 2.75) is 43.6 Å². The molecule has 0 unspecified atom stereocenters. The van der Waals surface area contributed by atoms with Crippen molar-refractivity contribution in [3.05, 3.63) is 0 Å². The summed E-state index contributed by atoms with van der Waals surface area (Å²) in [6, 6.07) is 0. The molecule has 1 aliphatic carbocycles. The molecule has 0 heterocycles. The molecule has 1 atom stereocenters. The summed E-state index contributed by atoms with van der Waals surface area (Å²) < 4.78 is 18.9. The summed E-state index contributed by atoms with van der Waals surface area (Å²) in [5.41, 5.74) is 0. The number of hydrogen-bond acceptors (Lipinski definition) is 2. The van der Waals surface area contributed by atoms with E-state index in [9.17, 15) is 4.21 Å². The molecule has 0 aliphatic heterocycles. The summed E-state index contributed by atoms with van der Waals surface area (Å²) >= 11 is 0. The summed E-state index contributed by atoms with van der Waals surface area (Å²) in [5, 5.41) is 0.201. The van der Waals surface area contributed by atoms with E-state index in [4.69, 9.17) is 4.78 Å². The van der Waals surface area contributed by atoms with E-state index in [1.165, 1.54) is 0 Å². The molecule has 1 N–H and O–H groups in total. The van der Waals surface area contributed by atoms with Crippen molar-refractivity contribution < 1.29 is 4.21 Å². The Morgan fingerprint density at radius 3 is 1.90 bits per heavy atom. The molecule has 60 valence electrons. The average molecular weight is 161 g/mol. The van der Waals surface area contributed by atoms with Gasteiger partial charge in [0.2, 0.25) is 0 Å². The summed E-state index contributed by atoms with van der Waals surface area (Å²) in [6.45, 7) is 5.67. The minimum absolute atomic E-state index is 0.201. The Kier molecular flexibility index (Phi) is 1.59. The predicted octanol–water partition coefficient (Wildman–Crippen LogP) is 1.99. The summed E-state index contributed by atoms with van der Waals surface area (Å²) in [5.74, 6) is 0. The lowest BCUT2D eigenvalue weighted by Gasteiger charge is -2.21. The van der Waals surface area contributed by atoms with Crippen molar-refractivity contribution in [2.75, 3.05) is 0 Å². The second-order valence-corrected chi connectivity index (χ2v) is 7.01. The van der Waals surface area contributed by atoms with E-state index in [0.717, 1.165) is 12.8 Å². The van der Waals surface area contributed by atoms with Crippen LogP contribution >= 0.6 is 0 Å². The van der Waals surface area contributed by atoms with Gasteiger partial charge in [-0.3, -0.25) is 4.78 Å². The fourth-order valence-electron chi connectivity index (χ4n) is 0.900. The third kappa shape index (κ3) is 1.19. The normalized spacial score (nSPS) is 25.9. The minimum atomic E-state index is -2.30. The molecule has 0 saturated heterocycles. The van der Waals surface area contributed by atoms with Gasteiger partial charge in [-0.15, -0.1) is 0 Å². The van der Waals surface area contributed by atoms with Crippen molar-refractivity contribution in [2.24, 2.45) is 0 Å². The van der Waals surface area contributed by atoms with Gasteiger partial charge in [0.15, 0.2) is 0 Å². The van der Waals surface area contributed by atoms with Crippen LogP contribution < -0.4 is 0 Å². The molecule has 0 radical (unpaired) electrons. The second-order valence-electron chi connectivity index (χ2n) is 3.91. The van der Waals surface area contributed by atoms with E-state index in [2.05, 4.69) is 0 Å². The van der Waals surface area contributed by atoms with Crippen LogP contribution in [0.25, 0.3) is 0 Å². The highest BCUT2D eigenvalue weighted by atomic mass is 32.2. The molecular weight excluding hydrogens is 146 g/mol. The van der Waals surface area contributed by atoms with Gasteiger partial charge in [0, 0.05) is 10.00 Å². The van der Waals surface area contributed by atoms with Gasteiger partial charge in [-0.25, -0.2) is 4.21 Å². The zero-order valence-electron chi connectivity index (χ0n) is 6.81. The van der Waals surface area contributed by atoms with Crippen LogP contribution in [0.5, 0.6) is 0 Å². The molecule has 0 aromatic rings. The van der Waals surface area contributed by atoms with Crippen LogP contribution in [0.4, 0.5) is 0 Å².